The van der Waals surface area contributed by atoms with Gasteiger partial charge in [-0.3, -0.25) is 0 Å². The fraction of sp³-hybridized carbons (Fsp3) is 0.500. The van der Waals surface area contributed by atoms with Crippen molar-refractivity contribution >= 4 is 15.5 Å². The molecule has 5 heteroatoms. The van der Waals surface area contributed by atoms with Crippen LogP contribution in [0.25, 0.3) is 0 Å². The quantitative estimate of drug-likeness (QED) is 0.792. The minimum absolute atomic E-state index is 0.0557. The Morgan fingerprint density at radius 2 is 2.06 bits per heavy atom. The van der Waals surface area contributed by atoms with Gasteiger partial charge in [0.25, 0.3) is 0 Å². The van der Waals surface area contributed by atoms with Crippen LogP contribution >= 0.6 is 0 Å². The van der Waals surface area contributed by atoms with Crippen LogP contribution in [0.3, 0.4) is 0 Å². The molecule has 1 fully saturated rings. The zero-order chi connectivity index (χ0) is 12.7. The van der Waals surface area contributed by atoms with Gasteiger partial charge in [-0.05, 0) is 30.5 Å². The Bertz CT molecular complexity index is 527. The lowest BCUT2D eigenvalue weighted by Gasteiger charge is -2.41. The second kappa shape index (κ2) is 3.99. The molecule has 0 bridgehead atoms. The largest absolute Gasteiger partial charge is 0.398 e. The third kappa shape index (κ3) is 2.05. The van der Waals surface area contributed by atoms with Crippen molar-refractivity contribution in [2.24, 2.45) is 0 Å². The van der Waals surface area contributed by atoms with Crippen LogP contribution in [-0.2, 0) is 15.3 Å². The molecule has 3 N–H and O–H groups in total. The fourth-order valence-corrected chi connectivity index (χ4v) is 3.16. The van der Waals surface area contributed by atoms with E-state index in [0.29, 0.717) is 0 Å². The third-order valence-corrected chi connectivity index (χ3v) is 4.79. The molecule has 1 saturated carbocycles. The van der Waals surface area contributed by atoms with Crippen LogP contribution in [0.2, 0.25) is 0 Å². The summed E-state index contributed by atoms with van der Waals surface area (Å²) in [5, 5.41) is 9.47. The van der Waals surface area contributed by atoms with Gasteiger partial charge in [-0.15, -0.1) is 0 Å². The Balaban J connectivity index is 2.52. The average Bonchev–Trinajstić information content (AvgIpc) is 2.17. The highest BCUT2D eigenvalue weighted by molar-refractivity contribution is 7.90. The van der Waals surface area contributed by atoms with Gasteiger partial charge < -0.3 is 10.8 Å². The summed E-state index contributed by atoms with van der Waals surface area (Å²) in [4.78, 5) is 0.162. The van der Waals surface area contributed by atoms with Gasteiger partial charge in [0, 0.05) is 11.7 Å². The molecule has 4 nitrogen and oxygen atoms in total. The second-order valence-electron chi connectivity index (χ2n) is 4.82. The Morgan fingerprint density at radius 1 is 1.41 bits per heavy atom. The number of aliphatic hydroxyl groups is 1. The number of anilines is 1. The minimum atomic E-state index is -3.32. The van der Waals surface area contributed by atoms with Crippen LogP contribution < -0.4 is 5.73 Å². The van der Waals surface area contributed by atoms with Crippen LogP contribution in [0.5, 0.6) is 0 Å². The second-order valence-corrected chi connectivity index (χ2v) is 6.80. The molecule has 0 aromatic heterocycles. The summed E-state index contributed by atoms with van der Waals surface area (Å²) < 4.78 is 23.2. The lowest BCUT2D eigenvalue weighted by atomic mass is 9.65. The van der Waals surface area contributed by atoms with Crippen molar-refractivity contribution in [2.75, 3.05) is 18.6 Å². The highest BCUT2D eigenvalue weighted by atomic mass is 32.2. The van der Waals surface area contributed by atoms with Crippen molar-refractivity contribution in [3.8, 4) is 0 Å². The Labute approximate surface area is 101 Å². The number of rotatable bonds is 3. The fourth-order valence-electron chi connectivity index (χ4n) is 2.33. The first-order valence-electron chi connectivity index (χ1n) is 5.60. The van der Waals surface area contributed by atoms with Gasteiger partial charge in [0.05, 0.1) is 17.2 Å². The lowest BCUT2D eigenvalue weighted by Crippen LogP contribution is -2.38. The van der Waals surface area contributed by atoms with E-state index >= 15 is 0 Å². The molecular formula is C12H17NO3S. The minimum Gasteiger partial charge on any atom is -0.398 e. The van der Waals surface area contributed by atoms with Gasteiger partial charge in [-0.25, -0.2) is 8.42 Å². The van der Waals surface area contributed by atoms with Crippen molar-refractivity contribution in [2.45, 2.75) is 29.6 Å². The molecule has 0 unspecified atom stereocenters. The van der Waals surface area contributed by atoms with Gasteiger partial charge in [0.1, 0.15) is 0 Å². The molecular weight excluding hydrogens is 238 g/mol. The first-order valence-corrected chi connectivity index (χ1v) is 7.49. The van der Waals surface area contributed by atoms with Crippen LogP contribution in [0.15, 0.2) is 23.1 Å². The van der Waals surface area contributed by atoms with Gasteiger partial charge in [-0.2, -0.15) is 0 Å². The van der Waals surface area contributed by atoms with Gasteiger partial charge >= 0.3 is 0 Å². The molecule has 1 aliphatic carbocycles. The van der Waals surface area contributed by atoms with E-state index in [1.807, 2.05) is 6.07 Å². The molecule has 0 aliphatic heterocycles. The number of hydrogen-bond donors (Lipinski definition) is 2. The zero-order valence-corrected chi connectivity index (χ0v) is 10.6. The molecule has 17 heavy (non-hydrogen) atoms. The van der Waals surface area contributed by atoms with E-state index in [9.17, 15) is 13.5 Å². The molecule has 2 rings (SSSR count). The van der Waals surface area contributed by atoms with E-state index in [4.69, 9.17) is 5.73 Å². The molecule has 1 aromatic carbocycles. The molecule has 0 spiro atoms. The highest BCUT2D eigenvalue weighted by Crippen LogP contribution is 2.44. The van der Waals surface area contributed by atoms with Crippen molar-refractivity contribution in [3.63, 3.8) is 0 Å². The van der Waals surface area contributed by atoms with Crippen molar-refractivity contribution < 1.29 is 13.5 Å². The van der Waals surface area contributed by atoms with Crippen LogP contribution in [-0.4, -0.2) is 26.4 Å². The SMILES string of the molecule is CS(=O)(=O)c1cc(C2(CO)CCC2)ccc1N. The molecule has 0 saturated heterocycles. The van der Waals surface area contributed by atoms with E-state index in [1.54, 1.807) is 12.1 Å². The molecule has 1 aromatic rings. The number of nitrogens with two attached hydrogens (primary N) is 1. The average molecular weight is 255 g/mol. The molecule has 0 atom stereocenters. The summed E-state index contributed by atoms with van der Waals surface area (Å²) in [6.07, 6.45) is 4.02. The Hall–Kier alpha value is -1.07. The number of sulfone groups is 1. The molecule has 0 heterocycles. The summed E-state index contributed by atoms with van der Waals surface area (Å²) in [5.74, 6) is 0. The molecule has 0 radical (unpaired) electrons. The van der Waals surface area contributed by atoms with Crippen molar-refractivity contribution in [1.82, 2.24) is 0 Å². The van der Waals surface area contributed by atoms with E-state index in [1.165, 1.54) is 0 Å². The maximum Gasteiger partial charge on any atom is 0.177 e. The van der Waals surface area contributed by atoms with E-state index in [2.05, 4.69) is 0 Å². The van der Waals surface area contributed by atoms with Crippen molar-refractivity contribution in [3.05, 3.63) is 23.8 Å². The first-order chi connectivity index (χ1) is 7.89. The number of hydrogen-bond acceptors (Lipinski definition) is 4. The summed E-state index contributed by atoms with van der Waals surface area (Å²) in [6, 6.07) is 5.04. The maximum absolute atomic E-state index is 11.6. The lowest BCUT2D eigenvalue weighted by molar-refractivity contribution is 0.120. The van der Waals surface area contributed by atoms with Crippen LogP contribution in [0.4, 0.5) is 5.69 Å². The number of benzene rings is 1. The topological polar surface area (TPSA) is 80.4 Å². The summed E-state index contributed by atoms with van der Waals surface area (Å²) in [6.45, 7) is 0.0557. The first kappa shape index (κ1) is 12.4. The van der Waals surface area contributed by atoms with E-state index in [0.717, 1.165) is 31.1 Å². The summed E-state index contributed by atoms with van der Waals surface area (Å²) in [5.41, 5.74) is 6.56. The van der Waals surface area contributed by atoms with Gasteiger partial charge in [0.2, 0.25) is 0 Å². The normalized spacial score (nSPS) is 18.7. The predicted molar refractivity (Wildman–Crippen MR) is 66.6 cm³/mol. The van der Waals surface area contributed by atoms with E-state index in [-0.39, 0.29) is 22.6 Å². The third-order valence-electron chi connectivity index (χ3n) is 3.64. The van der Waals surface area contributed by atoms with Crippen molar-refractivity contribution in [1.29, 1.82) is 0 Å². The van der Waals surface area contributed by atoms with Gasteiger partial charge in [-0.1, -0.05) is 12.5 Å². The van der Waals surface area contributed by atoms with Crippen LogP contribution in [0.1, 0.15) is 24.8 Å². The molecule has 94 valence electrons. The number of nitrogen functional groups attached to an aromatic ring is 1. The number of aliphatic hydroxyl groups excluding tert-OH is 1. The smallest absolute Gasteiger partial charge is 0.177 e. The highest BCUT2D eigenvalue weighted by Gasteiger charge is 2.38. The zero-order valence-electron chi connectivity index (χ0n) is 9.81. The maximum atomic E-state index is 11.6. The van der Waals surface area contributed by atoms with Gasteiger partial charge in [0.15, 0.2) is 9.84 Å². The standard InChI is InChI=1S/C12H17NO3S/c1-17(15,16)11-7-9(3-4-10(11)13)12(8-14)5-2-6-12/h3-4,7,14H,2,5-6,8,13H2,1H3. The summed E-state index contributed by atoms with van der Waals surface area (Å²) >= 11 is 0. The molecule has 1 aliphatic rings. The van der Waals surface area contributed by atoms with Crippen LogP contribution in [0, 0.1) is 0 Å². The predicted octanol–water partition coefficient (Wildman–Crippen LogP) is 1.09. The van der Waals surface area contributed by atoms with E-state index < -0.39 is 9.84 Å². The monoisotopic (exact) mass is 255 g/mol. The Kier molecular flexibility index (Phi) is 2.91. The Morgan fingerprint density at radius 3 is 2.47 bits per heavy atom. The molecule has 0 amide bonds. The summed E-state index contributed by atoms with van der Waals surface area (Å²) in [7, 11) is -3.32.